The van der Waals surface area contributed by atoms with E-state index in [0.29, 0.717) is 35.2 Å². The van der Waals surface area contributed by atoms with E-state index in [2.05, 4.69) is 20.9 Å². The lowest BCUT2D eigenvalue weighted by molar-refractivity contribution is 0.103. The second-order valence-electron chi connectivity index (χ2n) is 6.84. The van der Waals surface area contributed by atoms with Crippen molar-refractivity contribution in [3.63, 3.8) is 0 Å². The topological polar surface area (TPSA) is 56.0 Å². The van der Waals surface area contributed by atoms with Crippen LogP contribution in [0.2, 0.25) is 0 Å². The number of hydrogen-bond donors (Lipinski definition) is 1. The minimum atomic E-state index is -0.603. The highest BCUT2D eigenvalue weighted by Crippen LogP contribution is 2.22. The van der Waals surface area contributed by atoms with Gasteiger partial charge in [0.15, 0.2) is 5.78 Å². The highest BCUT2D eigenvalue weighted by atomic mass is 79.9. The maximum absolute atomic E-state index is 13.8. The number of carbonyl (C=O) groups excluding carboxylic acids is 1. The van der Waals surface area contributed by atoms with E-state index >= 15 is 0 Å². The van der Waals surface area contributed by atoms with Crippen molar-refractivity contribution in [3.8, 4) is 0 Å². The number of aromatic nitrogens is 1. The van der Waals surface area contributed by atoms with Crippen molar-refractivity contribution in [2.75, 3.05) is 0 Å². The highest BCUT2D eigenvalue weighted by molar-refractivity contribution is 9.10. The van der Waals surface area contributed by atoms with Crippen LogP contribution in [0, 0.1) is 11.6 Å². The van der Waals surface area contributed by atoms with Gasteiger partial charge in [0.1, 0.15) is 11.6 Å². The number of benzene rings is 2. The third-order valence-electron chi connectivity index (χ3n) is 4.87. The summed E-state index contributed by atoms with van der Waals surface area (Å²) in [6, 6.07) is 12.2. The molecule has 0 bridgehead atoms. The molecule has 0 radical (unpaired) electrons. The van der Waals surface area contributed by atoms with Crippen LogP contribution in [-0.2, 0) is 12.8 Å². The third-order valence-corrected chi connectivity index (χ3v) is 5.36. The van der Waals surface area contributed by atoms with Crippen molar-refractivity contribution in [2.45, 2.75) is 32.2 Å². The molecule has 29 heavy (non-hydrogen) atoms. The number of pyridine rings is 1. The maximum atomic E-state index is 13.8. The van der Waals surface area contributed by atoms with Gasteiger partial charge in [0.25, 0.3) is 0 Å². The molecular formula is C23H21BrF2N2O. The molecule has 0 aliphatic carbocycles. The van der Waals surface area contributed by atoms with Gasteiger partial charge in [-0.25, -0.2) is 8.78 Å². The van der Waals surface area contributed by atoms with Crippen LogP contribution in [-0.4, -0.2) is 10.8 Å². The summed E-state index contributed by atoms with van der Waals surface area (Å²) in [6.45, 7) is 2.00. The van der Waals surface area contributed by atoms with E-state index in [4.69, 9.17) is 5.73 Å². The number of aryl methyl sites for hydroxylation is 2. The average molecular weight is 459 g/mol. The Morgan fingerprint density at radius 1 is 1.10 bits per heavy atom. The molecule has 1 unspecified atom stereocenters. The van der Waals surface area contributed by atoms with Gasteiger partial charge in [-0.05, 0) is 60.7 Å². The van der Waals surface area contributed by atoms with Crippen molar-refractivity contribution in [1.82, 2.24) is 4.98 Å². The molecule has 2 aromatic carbocycles. The van der Waals surface area contributed by atoms with Crippen LogP contribution in [0.15, 0.2) is 59.2 Å². The molecule has 150 valence electrons. The molecule has 3 aromatic rings. The second-order valence-corrected chi connectivity index (χ2v) is 7.75. The molecule has 0 spiro atoms. The Bertz CT molecular complexity index is 1020. The van der Waals surface area contributed by atoms with Crippen LogP contribution in [0.25, 0.3) is 0 Å². The van der Waals surface area contributed by atoms with E-state index in [9.17, 15) is 13.6 Å². The Kier molecular flexibility index (Phi) is 6.87. The fraction of sp³-hybridized carbons (Fsp3) is 0.217. The average Bonchev–Trinajstić information content (AvgIpc) is 2.72. The number of rotatable bonds is 7. The summed E-state index contributed by atoms with van der Waals surface area (Å²) in [6.07, 6.45) is 3.10. The third kappa shape index (κ3) is 5.14. The number of carbonyl (C=O) groups is 1. The largest absolute Gasteiger partial charge is 0.323 e. The van der Waals surface area contributed by atoms with Crippen LogP contribution in [0.1, 0.15) is 52.1 Å². The molecule has 3 nitrogen and oxygen atoms in total. The van der Waals surface area contributed by atoms with E-state index in [-0.39, 0.29) is 5.78 Å². The Labute approximate surface area is 177 Å². The van der Waals surface area contributed by atoms with Crippen molar-refractivity contribution in [1.29, 1.82) is 0 Å². The standard InChI is InChI=1S/C23H21BrF2N2O/c1-2-14-3-7-17(24)11-19(14)23(29)16-6-10-22(28-13-16)21(27)9-5-15-4-8-18(25)12-20(15)26/h3-4,6-8,10-13,21H,2,5,9,27H2,1H3. The van der Waals surface area contributed by atoms with E-state index in [1.165, 1.54) is 18.3 Å². The van der Waals surface area contributed by atoms with Gasteiger partial charge in [-0.3, -0.25) is 9.78 Å². The zero-order chi connectivity index (χ0) is 21.0. The van der Waals surface area contributed by atoms with Gasteiger partial charge >= 0.3 is 0 Å². The monoisotopic (exact) mass is 458 g/mol. The SMILES string of the molecule is CCc1ccc(Br)cc1C(=O)c1ccc(C(N)CCc2ccc(F)cc2F)nc1. The van der Waals surface area contributed by atoms with Crippen LogP contribution in [0.3, 0.4) is 0 Å². The number of ketones is 1. The number of hydrogen-bond acceptors (Lipinski definition) is 3. The molecule has 0 aliphatic heterocycles. The molecule has 1 heterocycles. The van der Waals surface area contributed by atoms with Crippen LogP contribution in [0.5, 0.6) is 0 Å². The molecule has 1 aromatic heterocycles. The van der Waals surface area contributed by atoms with Gasteiger partial charge in [0, 0.05) is 33.9 Å². The quantitative estimate of drug-likeness (QED) is 0.472. The molecule has 0 saturated carbocycles. The van der Waals surface area contributed by atoms with Gasteiger partial charge in [-0.2, -0.15) is 0 Å². The molecular weight excluding hydrogens is 438 g/mol. The van der Waals surface area contributed by atoms with Crippen LogP contribution in [0.4, 0.5) is 8.78 Å². The minimum absolute atomic E-state index is 0.0934. The Morgan fingerprint density at radius 2 is 1.86 bits per heavy atom. The van der Waals surface area contributed by atoms with E-state index in [0.717, 1.165) is 22.5 Å². The summed E-state index contributed by atoms with van der Waals surface area (Å²) < 4.78 is 27.6. The van der Waals surface area contributed by atoms with Gasteiger partial charge in [0.05, 0.1) is 5.69 Å². The predicted octanol–water partition coefficient (Wildman–Crippen LogP) is 5.55. The van der Waals surface area contributed by atoms with Crippen molar-refractivity contribution in [2.24, 2.45) is 5.73 Å². The second kappa shape index (κ2) is 9.37. The van der Waals surface area contributed by atoms with Crippen LogP contribution >= 0.6 is 15.9 Å². The molecule has 0 fully saturated rings. The Morgan fingerprint density at radius 3 is 2.52 bits per heavy atom. The summed E-state index contributed by atoms with van der Waals surface area (Å²) in [4.78, 5) is 17.2. The molecule has 3 rings (SSSR count). The molecule has 0 amide bonds. The van der Waals surface area contributed by atoms with Gasteiger partial charge < -0.3 is 5.73 Å². The zero-order valence-electron chi connectivity index (χ0n) is 16.0. The van der Waals surface area contributed by atoms with Crippen molar-refractivity contribution < 1.29 is 13.6 Å². The lowest BCUT2D eigenvalue weighted by Gasteiger charge is -2.13. The predicted molar refractivity (Wildman–Crippen MR) is 113 cm³/mol. The van der Waals surface area contributed by atoms with Crippen molar-refractivity contribution >= 4 is 21.7 Å². The number of nitrogens with two attached hydrogens (primary N) is 1. The van der Waals surface area contributed by atoms with Gasteiger partial charge in [-0.1, -0.05) is 35.0 Å². The van der Waals surface area contributed by atoms with Gasteiger partial charge in [0.2, 0.25) is 0 Å². The fourth-order valence-corrected chi connectivity index (χ4v) is 3.53. The normalized spacial score (nSPS) is 12.0. The first kappa shape index (κ1) is 21.3. The van der Waals surface area contributed by atoms with Crippen molar-refractivity contribution in [3.05, 3.63) is 98.8 Å². The minimum Gasteiger partial charge on any atom is -0.323 e. The summed E-state index contributed by atoms with van der Waals surface area (Å²) in [5.74, 6) is -1.27. The highest BCUT2D eigenvalue weighted by Gasteiger charge is 2.16. The summed E-state index contributed by atoms with van der Waals surface area (Å²) in [5, 5.41) is 0. The van der Waals surface area contributed by atoms with E-state index in [1.54, 1.807) is 12.1 Å². The summed E-state index contributed by atoms with van der Waals surface area (Å²) >= 11 is 3.41. The summed E-state index contributed by atoms with van der Waals surface area (Å²) in [7, 11) is 0. The lowest BCUT2D eigenvalue weighted by Crippen LogP contribution is -2.14. The van der Waals surface area contributed by atoms with Crippen LogP contribution < -0.4 is 5.73 Å². The molecule has 2 N–H and O–H groups in total. The number of halogens is 3. The zero-order valence-corrected chi connectivity index (χ0v) is 17.5. The first-order valence-electron chi connectivity index (χ1n) is 9.37. The first-order valence-corrected chi connectivity index (χ1v) is 10.2. The Hall–Kier alpha value is -2.44. The first-order chi connectivity index (χ1) is 13.9. The number of nitrogens with zero attached hydrogens (tertiary/aromatic N) is 1. The van der Waals surface area contributed by atoms with E-state index in [1.807, 2.05) is 25.1 Å². The lowest BCUT2D eigenvalue weighted by atomic mass is 9.97. The maximum Gasteiger partial charge on any atom is 0.194 e. The molecule has 0 saturated heterocycles. The Balaban J connectivity index is 1.71. The van der Waals surface area contributed by atoms with Gasteiger partial charge in [-0.15, -0.1) is 0 Å². The fourth-order valence-electron chi connectivity index (χ4n) is 3.17. The summed E-state index contributed by atoms with van der Waals surface area (Å²) in [5.41, 5.74) is 9.31. The molecule has 0 aliphatic rings. The molecule has 6 heteroatoms. The molecule has 1 atom stereocenters. The van der Waals surface area contributed by atoms with E-state index < -0.39 is 17.7 Å². The smallest absolute Gasteiger partial charge is 0.194 e.